The second-order valence-electron chi connectivity index (χ2n) is 7.73. The Morgan fingerprint density at radius 1 is 0.655 bits per heavy atom. The maximum absolute atomic E-state index is 5.55. The highest BCUT2D eigenvalue weighted by Crippen LogP contribution is 2.31. The average molecular weight is 400 g/mol. The molecule has 2 aromatic rings. The standard InChI is InChI=1S/C19H28N8O2/c1-24-2-4-27(5-3-24)19-22-16-15(18(23-19)26-8-12-29-13-9-26)20-14-21-17(16)25-6-10-28-11-7-25/h14H,2-13H2,1H3. The van der Waals surface area contributed by atoms with Crippen molar-refractivity contribution in [1.29, 1.82) is 0 Å². The molecule has 0 aliphatic carbocycles. The van der Waals surface area contributed by atoms with Gasteiger partial charge in [-0.15, -0.1) is 0 Å². The molecule has 3 saturated heterocycles. The van der Waals surface area contributed by atoms with E-state index in [-0.39, 0.29) is 0 Å². The maximum atomic E-state index is 5.55. The highest BCUT2D eigenvalue weighted by atomic mass is 16.5. The fourth-order valence-electron chi connectivity index (χ4n) is 4.06. The highest BCUT2D eigenvalue weighted by molar-refractivity contribution is 5.94. The molecular weight excluding hydrogens is 372 g/mol. The van der Waals surface area contributed by atoms with Crippen molar-refractivity contribution in [3.05, 3.63) is 6.33 Å². The number of rotatable bonds is 3. The first-order valence-electron chi connectivity index (χ1n) is 10.4. The summed E-state index contributed by atoms with van der Waals surface area (Å²) in [6.07, 6.45) is 1.63. The van der Waals surface area contributed by atoms with Crippen LogP contribution in [0.1, 0.15) is 0 Å². The fourth-order valence-corrected chi connectivity index (χ4v) is 4.06. The number of anilines is 3. The van der Waals surface area contributed by atoms with E-state index in [2.05, 4.69) is 36.6 Å². The van der Waals surface area contributed by atoms with Gasteiger partial charge in [0.2, 0.25) is 5.95 Å². The van der Waals surface area contributed by atoms with Crippen molar-refractivity contribution in [2.75, 3.05) is 101 Å². The number of hydrogen-bond donors (Lipinski definition) is 0. The minimum Gasteiger partial charge on any atom is -0.378 e. The Morgan fingerprint density at radius 2 is 1.28 bits per heavy atom. The van der Waals surface area contributed by atoms with Crippen molar-refractivity contribution in [2.45, 2.75) is 0 Å². The third kappa shape index (κ3) is 3.79. The summed E-state index contributed by atoms with van der Waals surface area (Å²) < 4.78 is 11.1. The van der Waals surface area contributed by atoms with Crippen LogP contribution in [0, 0.1) is 0 Å². The lowest BCUT2D eigenvalue weighted by atomic mass is 10.3. The first-order valence-corrected chi connectivity index (χ1v) is 10.4. The van der Waals surface area contributed by atoms with Gasteiger partial charge in [0.15, 0.2) is 11.6 Å². The predicted octanol–water partition coefficient (Wildman–Crippen LogP) is -0.155. The molecule has 0 N–H and O–H groups in total. The Bertz CT molecular complexity index is 845. The van der Waals surface area contributed by atoms with Crippen LogP contribution in [0.2, 0.25) is 0 Å². The normalized spacial score (nSPS) is 21.8. The van der Waals surface area contributed by atoms with Gasteiger partial charge >= 0.3 is 0 Å². The molecule has 0 radical (unpaired) electrons. The topological polar surface area (TPSA) is 83.0 Å². The highest BCUT2D eigenvalue weighted by Gasteiger charge is 2.25. The number of ether oxygens (including phenoxy) is 2. The number of fused-ring (bicyclic) bond motifs is 1. The molecule has 0 atom stereocenters. The van der Waals surface area contributed by atoms with Gasteiger partial charge in [-0.2, -0.15) is 4.98 Å². The lowest BCUT2D eigenvalue weighted by molar-refractivity contribution is 0.122. The summed E-state index contributed by atoms with van der Waals surface area (Å²) in [5, 5.41) is 0. The SMILES string of the molecule is CN1CCN(c2nc(N3CCOCC3)c3ncnc(N4CCOCC4)c3n2)CC1. The van der Waals surface area contributed by atoms with Gasteiger partial charge in [-0.1, -0.05) is 0 Å². The fraction of sp³-hybridized carbons (Fsp3) is 0.684. The summed E-state index contributed by atoms with van der Waals surface area (Å²) in [6.45, 7) is 9.93. The molecule has 29 heavy (non-hydrogen) atoms. The predicted molar refractivity (Wildman–Crippen MR) is 111 cm³/mol. The molecule has 10 heteroatoms. The lowest BCUT2D eigenvalue weighted by Gasteiger charge is -2.34. The van der Waals surface area contributed by atoms with Crippen LogP contribution in [-0.4, -0.2) is 111 Å². The van der Waals surface area contributed by atoms with Crippen LogP contribution in [-0.2, 0) is 9.47 Å². The number of morpholine rings is 2. The molecule has 3 fully saturated rings. The van der Waals surface area contributed by atoms with E-state index < -0.39 is 0 Å². The van der Waals surface area contributed by atoms with E-state index in [0.717, 1.165) is 81.0 Å². The molecular formula is C19H28N8O2. The molecule has 0 unspecified atom stereocenters. The second-order valence-corrected chi connectivity index (χ2v) is 7.73. The monoisotopic (exact) mass is 400 g/mol. The molecule has 0 amide bonds. The molecule has 0 saturated carbocycles. The Balaban J connectivity index is 1.60. The molecule has 0 bridgehead atoms. The Kier molecular flexibility index (Phi) is 5.30. The molecule has 0 spiro atoms. The van der Waals surface area contributed by atoms with E-state index in [0.29, 0.717) is 26.4 Å². The Hall–Kier alpha value is -2.30. The van der Waals surface area contributed by atoms with Crippen LogP contribution >= 0.6 is 0 Å². The van der Waals surface area contributed by atoms with E-state index >= 15 is 0 Å². The molecule has 10 nitrogen and oxygen atoms in total. The number of likely N-dealkylation sites (N-methyl/N-ethyl adjacent to an activating group) is 1. The first-order chi connectivity index (χ1) is 14.3. The van der Waals surface area contributed by atoms with Crippen LogP contribution in [0.4, 0.5) is 17.6 Å². The van der Waals surface area contributed by atoms with Crippen molar-refractivity contribution in [3.63, 3.8) is 0 Å². The third-order valence-corrected chi connectivity index (χ3v) is 5.84. The van der Waals surface area contributed by atoms with E-state index in [9.17, 15) is 0 Å². The molecule has 5 heterocycles. The summed E-state index contributed by atoms with van der Waals surface area (Å²) in [5.74, 6) is 2.55. The van der Waals surface area contributed by atoms with Crippen LogP contribution in [0.15, 0.2) is 6.33 Å². The summed E-state index contributed by atoms with van der Waals surface area (Å²) in [7, 11) is 2.15. The maximum Gasteiger partial charge on any atom is 0.228 e. The van der Waals surface area contributed by atoms with Crippen molar-refractivity contribution >= 4 is 28.6 Å². The van der Waals surface area contributed by atoms with Crippen molar-refractivity contribution in [1.82, 2.24) is 24.8 Å². The van der Waals surface area contributed by atoms with Crippen LogP contribution < -0.4 is 14.7 Å². The summed E-state index contributed by atoms with van der Waals surface area (Å²) in [6, 6.07) is 0. The van der Waals surface area contributed by atoms with Gasteiger partial charge in [0.25, 0.3) is 0 Å². The smallest absolute Gasteiger partial charge is 0.228 e. The average Bonchev–Trinajstić information content (AvgIpc) is 2.79. The molecule has 3 aliphatic heterocycles. The van der Waals surface area contributed by atoms with Crippen LogP contribution in [0.5, 0.6) is 0 Å². The van der Waals surface area contributed by atoms with E-state index in [1.807, 2.05) is 0 Å². The van der Waals surface area contributed by atoms with Crippen LogP contribution in [0.25, 0.3) is 11.0 Å². The summed E-state index contributed by atoms with van der Waals surface area (Å²) in [5.41, 5.74) is 1.65. The van der Waals surface area contributed by atoms with Crippen molar-refractivity contribution in [2.24, 2.45) is 0 Å². The lowest BCUT2D eigenvalue weighted by Crippen LogP contribution is -2.45. The van der Waals surface area contributed by atoms with E-state index in [1.54, 1.807) is 6.33 Å². The van der Waals surface area contributed by atoms with Gasteiger partial charge in [0.1, 0.15) is 17.4 Å². The summed E-state index contributed by atoms with van der Waals surface area (Å²) >= 11 is 0. The second kappa shape index (κ2) is 8.21. The van der Waals surface area contributed by atoms with Gasteiger partial charge in [-0.05, 0) is 7.05 Å². The number of hydrogen-bond acceptors (Lipinski definition) is 10. The zero-order valence-corrected chi connectivity index (χ0v) is 17.0. The third-order valence-electron chi connectivity index (χ3n) is 5.84. The van der Waals surface area contributed by atoms with Crippen molar-refractivity contribution in [3.8, 4) is 0 Å². The Morgan fingerprint density at radius 3 is 1.93 bits per heavy atom. The summed E-state index contributed by atoms with van der Waals surface area (Å²) in [4.78, 5) is 28.3. The number of aromatic nitrogens is 4. The van der Waals surface area contributed by atoms with E-state index in [1.165, 1.54) is 0 Å². The van der Waals surface area contributed by atoms with Gasteiger partial charge < -0.3 is 29.1 Å². The number of nitrogens with zero attached hydrogens (tertiary/aromatic N) is 8. The minimum atomic E-state index is 0.705. The quantitative estimate of drug-likeness (QED) is 0.693. The molecule has 2 aromatic heterocycles. The molecule has 156 valence electrons. The van der Waals surface area contributed by atoms with Crippen LogP contribution in [0.3, 0.4) is 0 Å². The van der Waals surface area contributed by atoms with E-state index in [4.69, 9.17) is 19.4 Å². The van der Waals surface area contributed by atoms with Crippen molar-refractivity contribution < 1.29 is 9.47 Å². The molecule has 3 aliphatic rings. The van der Waals surface area contributed by atoms with Gasteiger partial charge in [-0.3, -0.25) is 0 Å². The number of piperazine rings is 1. The van der Waals surface area contributed by atoms with Gasteiger partial charge in [0.05, 0.1) is 26.4 Å². The zero-order valence-electron chi connectivity index (χ0n) is 17.0. The largest absolute Gasteiger partial charge is 0.378 e. The Labute approximate surface area is 170 Å². The first kappa shape index (κ1) is 18.7. The zero-order chi connectivity index (χ0) is 19.6. The minimum absolute atomic E-state index is 0.705. The van der Waals surface area contributed by atoms with Gasteiger partial charge in [-0.25, -0.2) is 15.0 Å². The van der Waals surface area contributed by atoms with Gasteiger partial charge in [0, 0.05) is 52.4 Å². The molecule has 0 aromatic carbocycles. The molecule has 5 rings (SSSR count).